The van der Waals surface area contributed by atoms with Crippen molar-refractivity contribution in [1.82, 2.24) is 15.5 Å². The van der Waals surface area contributed by atoms with Gasteiger partial charge in [-0.05, 0) is 12.1 Å². The molecule has 1 fully saturated rings. The zero-order chi connectivity index (χ0) is 12.2. The molecule has 0 aliphatic carbocycles. The monoisotopic (exact) mass is 249 g/mol. The lowest BCUT2D eigenvalue weighted by molar-refractivity contribution is 0.0208. The van der Waals surface area contributed by atoms with Crippen LogP contribution in [0.25, 0.3) is 0 Å². The molecule has 0 bridgehead atoms. The summed E-state index contributed by atoms with van der Waals surface area (Å²) in [6, 6.07) is 3.81. The maximum absolute atomic E-state index is 5.56. The van der Waals surface area contributed by atoms with Gasteiger partial charge in [-0.1, -0.05) is 5.16 Å². The molecule has 18 heavy (non-hydrogen) atoms. The van der Waals surface area contributed by atoms with Gasteiger partial charge in [0.05, 0.1) is 12.9 Å². The van der Waals surface area contributed by atoms with E-state index < -0.39 is 0 Å². The molecule has 6 nitrogen and oxygen atoms in total. The summed E-state index contributed by atoms with van der Waals surface area (Å²) in [4.78, 5) is 4.35. The van der Waals surface area contributed by atoms with E-state index in [0.717, 1.165) is 25.3 Å². The van der Waals surface area contributed by atoms with E-state index in [9.17, 15) is 0 Å². The number of nitrogens with one attached hydrogen (secondary N) is 1. The molecule has 1 aliphatic heterocycles. The van der Waals surface area contributed by atoms with Crippen molar-refractivity contribution in [2.24, 2.45) is 0 Å². The van der Waals surface area contributed by atoms with Crippen LogP contribution in [0.15, 0.2) is 27.3 Å². The molecule has 6 heteroatoms. The number of furan rings is 1. The highest BCUT2D eigenvalue weighted by Crippen LogP contribution is 2.16. The van der Waals surface area contributed by atoms with Crippen LogP contribution in [0.4, 0.5) is 0 Å². The fourth-order valence-corrected chi connectivity index (χ4v) is 1.92. The lowest BCUT2D eigenvalue weighted by Crippen LogP contribution is -2.33. The van der Waals surface area contributed by atoms with Gasteiger partial charge in [-0.3, -0.25) is 0 Å². The number of morpholine rings is 1. The molecule has 0 spiro atoms. The van der Waals surface area contributed by atoms with Crippen LogP contribution in [0.5, 0.6) is 0 Å². The summed E-state index contributed by atoms with van der Waals surface area (Å²) in [5, 5.41) is 7.19. The Kier molecular flexibility index (Phi) is 3.38. The fraction of sp³-hybridized carbons (Fsp3) is 0.500. The SMILES string of the molecule is c1coc(CCc2nc(C3CNCCO3)no2)c1. The van der Waals surface area contributed by atoms with Crippen molar-refractivity contribution < 1.29 is 13.7 Å². The number of rotatable bonds is 4. The van der Waals surface area contributed by atoms with Gasteiger partial charge in [0.1, 0.15) is 11.9 Å². The van der Waals surface area contributed by atoms with Crippen molar-refractivity contribution in [1.29, 1.82) is 0 Å². The molecule has 3 rings (SSSR count). The summed E-state index contributed by atoms with van der Waals surface area (Å²) >= 11 is 0. The first-order chi connectivity index (χ1) is 8.92. The highest BCUT2D eigenvalue weighted by molar-refractivity contribution is 5.01. The first-order valence-electron chi connectivity index (χ1n) is 6.09. The zero-order valence-corrected chi connectivity index (χ0v) is 9.96. The Morgan fingerprint density at radius 3 is 3.17 bits per heavy atom. The summed E-state index contributed by atoms with van der Waals surface area (Å²) in [6.45, 7) is 2.29. The largest absolute Gasteiger partial charge is 0.469 e. The van der Waals surface area contributed by atoms with E-state index in [1.807, 2.05) is 12.1 Å². The van der Waals surface area contributed by atoms with Crippen LogP contribution in [0.1, 0.15) is 23.6 Å². The predicted octanol–water partition coefficient (Wildman–Crippen LogP) is 1.11. The third kappa shape index (κ3) is 2.60. The van der Waals surface area contributed by atoms with Gasteiger partial charge >= 0.3 is 0 Å². The van der Waals surface area contributed by atoms with Crippen LogP contribution in [-0.2, 0) is 17.6 Å². The van der Waals surface area contributed by atoms with Crippen molar-refractivity contribution in [2.45, 2.75) is 18.9 Å². The summed E-state index contributed by atoms with van der Waals surface area (Å²) in [6.07, 6.45) is 3.01. The minimum atomic E-state index is -0.0973. The van der Waals surface area contributed by atoms with Crippen molar-refractivity contribution >= 4 is 0 Å². The predicted molar refractivity (Wildman–Crippen MR) is 62.0 cm³/mol. The molecular formula is C12H15N3O3. The quantitative estimate of drug-likeness (QED) is 0.875. The third-order valence-electron chi connectivity index (χ3n) is 2.86. The molecule has 0 amide bonds. The Bertz CT molecular complexity index is 474. The standard InChI is InChI=1S/C12H15N3O3/c1-2-9(16-6-1)3-4-11-14-12(15-18-11)10-8-13-5-7-17-10/h1-2,6,10,13H,3-5,7-8H2. The Hall–Kier alpha value is -1.66. The minimum absolute atomic E-state index is 0.0973. The molecule has 1 saturated heterocycles. The van der Waals surface area contributed by atoms with E-state index in [4.69, 9.17) is 13.7 Å². The van der Waals surface area contributed by atoms with Crippen molar-refractivity contribution in [2.75, 3.05) is 19.7 Å². The average Bonchev–Trinajstić information content (AvgIpc) is 3.09. The van der Waals surface area contributed by atoms with Crippen LogP contribution in [0.2, 0.25) is 0 Å². The zero-order valence-electron chi connectivity index (χ0n) is 9.96. The van der Waals surface area contributed by atoms with Gasteiger partial charge in [0, 0.05) is 25.9 Å². The average molecular weight is 249 g/mol. The van der Waals surface area contributed by atoms with E-state index in [1.165, 1.54) is 0 Å². The normalized spacial score (nSPS) is 20.1. The Morgan fingerprint density at radius 1 is 1.39 bits per heavy atom. The molecule has 2 aromatic rings. The molecule has 0 aromatic carbocycles. The lowest BCUT2D eigenvalue weighted by atomic mass is 10.2. The van der Waals surface area contributed by atoms with Crippen molar-refractivity contribution in [3.63, 3.8) is 0 Å². The van der Waals surface area contributed by atoms with Crippen LogP contribution in [0, 0.1) is 0 Å². The molecule has 1 aliphatic rings. The maximum Gasteiger partial charge on any atom is 0.227 e. The number of hydrogen-bond donors (Lipinski definition) is 1. The summed E-state index contributed by atoms with van der Waals surface area (Å²) in [7, 11) is 0. The number of hydrogen-bond acceptors (Lipinski definition) is 6. The van der Waals surface area contributed by atoms with E-state index in [1.54, 1.807) is 6.26 Å². The highest BCUT2D eigenvalue weighted by atomic mass is 16.5. The molecule has 0 radical (unpaired) electrons. The summed E-state index contributed by atoms with van der Waals surface area (Å²) in [5.74, 6) is 2.16. The van der Waals surface area contributed by atoms with E-state index in [-0.39, 0.29) is 6.10 Å². The van der Waals surface area contributed by atoms with E-state index in [2.05, 4.69) is 15.5 Å². The van der Waals surface area contributed by atoms with Gasteiger partial charge in [0.25, 0.3) is 0 Å². The smallest absolute Gasteiger partial charge is 0.227 e. The van der Waals surface area contributed by atoms with Crippen LogP contribution < -0.4 is 5.32 Å². The van der Waals surface area contributed by atoms with Gasteiger partial charge in [-0.25, -0.2) is 0 Å². The van der Waals surface area contributed by atoms with Crippen LogP contribution >= 0.6 is 0 Å². The van der Waals surface area contributed by atoms with Gasteiger partial charge in [-0.15, -0.1) is 0 Å². The Morgan fingerprint density at radius 2 is 2.39 bits per heavy atom. The first-order valence-corrected chi connectivity index (χ1v) is 6.09. The lowest BCUT2D eigenvalue weighted by Gasteiger charge is -2.20. The molecule has 1 atom stereocenters. The third-order valence-corrected chi connectivity index (χ3v) is 2.86. The number of nitrogens with zero attached hydrogens (tertiary/aromatic N) is 2. The first kappa shape index (κ1) is 11.4. The van der Waals surface area contributed by atoms with Gasteiger partial charge in [0.2, 0.25) is 11.7 Å². The molecular weight excluding hydrogens is 234 g/mol. The molecule has 2 aromatic heterocycles. The molecule has 3 heterocycles. The number of aryl methyl sites for hydroxylation is 2. The van der Waals surface area contributed by atoms with Crippen molar-refractivity contribution in [3.05, 3.63) is 35.9 Å². The van der Waals surface area contributed by atoms with E-state index in [0.29, 0.717) is 24.7 Å². The second kappa shape index (κ2) is 5.32. The molecule has 1 N–H and O–H groups in total. The van der Waals surface area contributed by atoms with Gasteiger partial charge in [-0.2, -0.15) is 4.98 Å². The topological polar surface area (TPSA) is 73.3 Å². The second-order valence-electron chi connectivity index (χ2n) is 4.19. The van der Waals surface area contributed by atoms with E-state index >= 15 is 0 Å². The number of aromatic nitrogens is 2. The Labute approximate surface area is 104 Å². The highest BCUT2D eigenvalue weighted by Gasteiger charge is 2.21. The molecule has 1 unspecified atom stereocenters. The van der Waals surface area contributed by atoms with Crippen LogP contribution in [-0.4, -0.2) is 29.8 Å². The van der Waals surface area contributed by atoms with Gasteiger partial charge < -0.3 is 19.0 Å². The maximum atomic E-state index is 5.56. The summed E-state index contributed by atoms with van der Waals surface area (Å²) < 4.78 is 16.0. The Balaban J connectivity index is 1.59. The summed E-state index contributed by atoms with van der Waals surface area (Å²) in [5.41, 5.74) is 0. The second-order valence-corrected chi connectivity index (χ2v) is 4.19. The van der Waals surface area contributed by atoms with Gasteiger partial charge in [0.15, 0.2) is 0 Å². The minimum Gasteiger partial charge on any atom is -0.469 e. The number of ether oxygens (including phenoxy) is 1. The molecule has 96 valence electrons. The van der Waals surface area contributed by atoms with Crippen LogP contribution in [0.3, 0.4) is 0 Å². The van der Waals surface area contributed by atoms with Crippen molar-refractivity contribution in [3.8, 4) is 0 Å². The molecule has 0 saturated carbocycles. The fourth-order valence-electron chi connectivity index (χ4n) is 1.92.